The minimum Gasteiger partial charge on any atom is -0.0795 e. The van der Waals surface area contributed by atoms with E-state index >= 15 is 0 Å². The number of allylic oxidation sites excluding steroid dienone is 12. The van der Waals surface area contributed by atoms with Gasteiger partial charge in [0.25, 0.3) is 0 Å². The van der Waals surface area contributed by atoms with Gasteiger partial charge in [0.1, 0.15) is 0 Å². The summed E-state index contributed by atoms with van der Waals surface area (Å²) in [5.41, 5.74) is 11.5. The van der Waals surface area contributed by atoms with Crippen LogP contribution in [0.5, 0.6) is 0 Å². The first-order valence-corrected chi connectivity index (χ1v) is 7.64. The van der Waals surface area contributed by atoms with Crippen molar-refractivity contribution in [2.45, 2.75) is 13.3 Å². The normalized spacial score (nSPS) is 24.0. The summed E-state index contributed by atoms with van der Waals surface area (Å²) in [5, 5.41) is 0. The van der Waals surface area contributed by atoms with Gasteiger partial charge in [0.2, 0.25) is 0 Å². The van der Waals surface area contributed by atoms with Gasteiger partial charge in [-0.05, 0) is 52.3 Å². The molecule has 0 spiro atoms. The second-order valence-corrected chi connectivity index (χ2v) is 6.26. The molecule has 1 aromatic rings. The van der Waals surface area contributed by atoms with E-state index in [-0.39, 0.29) is 0 Å². The Balaban J connectivity index is 1.93. The van der Waals surface area contributed by atoms with E-state index in [4.69, 9.17) is 0 Å². The molecule has 0 N–H and O–H groups in total. The van der Waals surface area contributed by atoms with Gasteiger partial charge in [0.15, 0.2) is 0 Å². The zero-order chi connectivity index (χ0) is 14.0. The molecule has 0 radical (unpaired) electrons. The lowest BCUT2D eigenvalue weighted by molar-refractivity contribution is 0.899. The fourth-order valence-corrected chi connectivity index (χ4v) is 4.09. The SMILES string of the molecule is Cc1ccc2c(c1)C1=C3C(=CC=C4C=CC=C2C43)CC=C1. The van der Waals surface area contributed by atoms with Gasteiger partial charge in [0.05, 0.1) is 0 Å². The lowest BCUT2D eigenvalue weighted by Gasteiger charge is -2.39. The minimum atomic E-state index is 0.449. The molecule has 0 amide bonds. The van der Waals surface area contributed by atoms with E-state index in [1.807, 2.05) is 0 Å². The quantitative estimate of drug-likeness (QED) is 0.610. The number of benzene rings is 1. The zero-order valence-corrected chi connectivity index (χ0v) is 12.1. The van der Waals surface area contributed by atoms with Gasteiger partial charge in [-0.25, -0.2) is 0 Å². The largest absolute Gasteiger partial charge is 0.0795 e. The van der Waals surface area contributed by atoms with Crippen molar-refractivity contribution in [3.63, 3.8) is 0 Å². The maximum atomic E-state index is 2.35. The van der Waals surface area contributed by atoms with Crippen LogP contribution in [0.25, 0.3) is 11.1 Å². The highest BCUT2D eigenvalue weighted by molar-refractivity contribution is 5.98. The standard InChI is InChI=1S/C21H16/c1-13-8-11-16-17-6-2-4-14-9-10-15-5-3-7-18(19(16)12-13)21(15)20(14)17/h2-4,6-12,20H,5H2,1H3. The molecule has 0 bridgehead atoms. The van der Waals surface area contributed by atoms with Crippen LogP contribution in [-0.4, -0.2) is 0 Å². The van der Waals surface area contributed by atoms with Crippen LogP contribution in [0.4, 0.5) is 0 Å². The fraction of sp³-hybridized carbons (Fsp3) is 0.143. The molecule has 4 aliphatic carbocycles. The number of aryl methyl sites for hydroxylation is 1. The molecule has 0 heterocycles. The average Bonchev–Trinajstić information content (AvgIpc) is 2.53. The molecule has 0 aliphatic heterocycles. The Hall–Kier alpha value is -2.34. The first kappa shape index (κ1) is 11.3. The first-order valence-electron chi connectivity index (χ1n) is 7.64. The molecule has 0 nitrogen and oxygen atoms in total. The topological polar surface area (TPSA) is 0 Å². The van der Waals surface area contributed by atoms with Crippen LogP contribution in [0.1, 0.15) is 23.1 Å². The van der Waals surface area contributed by atoms with Crippen molar-refractivity contribution in [3.05, 3.63) is 94.1 Å². The van der Waals surface area contributed by atoms with Crippen LogP contribution in [0.15, 0.2) is 77.5 Å². The zero-order valence-electron chi connectivity index (χ0n) is 12.1. The second kappa shape index (κ2) is 3.85. The molecular formula is C21H16. The Morgan fingerprint density at radius 3 is 2.90 bits per heavy atom. The maximum absolute atomic E-state index is 2.35. The van der Waals surface area contributed by atoms with Gasteiger partial charge < -0.3 is 0 Å². The van der Waals surface area contributed by atoms with Gasteiger partial charge in [-0.15, -0.1) is 0 Å². The van der Waals surface area contributed by atoms with Crippen LogP contribution in [0, 0.1) is 12.8 Å². The third-order valence-electron chi connectivity index (χ3n) is 5.01. The summed E-state index contributed by atoms with van der Waals surface area (Å²) in [6.07, 6.45) is 17.1. The molecule has 1 unspecified atom stereocenters. The van der Waals surface area contributed by atoms with E-state index < -0.39 is 0 Å². The Bertz CT molecular complexity index is 863. The van der Waals surface area contributed by atoms with Crippen molar-refractivity contribution in [3.8, 4) is 0 Å². The van der Waals surface area contributed by atoms with Crippen LogP contribution in [0.2, 0.25) is 0 Å². The molecular weight excluding hydrogens is 252 g/mol. The summed E-state index contributed by atoms with van der Waals surface area (Å²) in [7, 11) is 0. The maximum Gasteiger partial charge on any atom is 0.0355 e. The van der Waals surface area contributed by atoms with Gasteiger partial charge in [0, 0.05) is 5.92 Å². The number of hydrogen-bond donors (Lipinski definition) is 0. The number of rotatable bonds is 0. The summed E-state index contributed by atoms with van der Waals surface area (Å²) >= 11 is 0. The van der Waals surface area contributed by atoms with Crippen LogP contribution >= 0.6 is 0 Å². The fourth-order valence-electron chi connectivity index (χ4n) is 4.09. The molecule has 5 rings (SSSR count). The van der Waals surface area contributed by atoms with Crippen molar-refractivity contribution in [2.75, 3.05) is 0 Å². The Morgan fingerprint density at radius 2 is 1.95 bits per heavy atom. The van der Waals surface area contributed by atoms with Crippen LogP contribution in [-0.2, 0) is 0 Å². The molecule has 21 heavy (non-hydrogen) atoms. The second-order valence-electron chi connectivity index (χ2n) is 6.26. The van der Waals surface area contributed by atoms with Crippen molar-refractivity contribution in [1.29, 1.82) is 0 Å². The summed E-state index contributed by atoms with van der Waals surface area (Å²) in [6.45, 7) is 2.18. The first-order chi connectivity index (χ1) is 10.3. The number of fused-ring (bicyclic) bond motifs is 3. The predicted molar refractivity (Wildman–Crippen MR) is 88.6 cm³/mol. The smallest absolute Gasteiger partial charge is 0.0355 e. The summed E-state index contributed by atoms with van der Waals surface area (Å²) in [4.78, 5) is 0. The van der Waals surface area contributed by atoms with Gasteiger partial charge in [-0.1, -0.05) is 66.3 Å². The van der Waals surface area contributed by atoms with Crippen LogP contribution in [0.3, 0.4) is 0 Å². The summed E-state index contributed by atoms with van der Waals surface area (Å²) in [6, 6.07) is 6.88. The molecule has 1 aromatic carbocycles. The highest BCUT2D eigenvalue weighted by Gasteiger charge is 2.36. The van der Waals surface area contributed by atoms with E-state index in [1.165, 1.54) is 39.0 Å². The van der Waals surface area contributed by atoms with E-state index in [9.17, 15) is 0 Å². The Labute approximate surface area is 125 Å². The van der Waals surface area contributed by atoms with Gasteiger partial charge in [-0.3, -0.25) is 0 Å². The van der Waals surface area contributed by atoms with E-state index in [0.29, 0.717) is 5.92 Å². The minimum absolute atomic E-state index is 0.449. The monoisotopic (exact) mass is 268 g/mol. The summed E-state index contributed by atoms with van der Waals surface area (Å²) < 4.78 is 0. The predicted octanol–water partition coefficient (Wildman–Crippen LogP) is 5.16. The van der Waals surface area contributed by atoms with Crippen molar-refractivity contribution >= 4 is 11.1 Å². The van der Waals surface area contributed by atoms with Crippen LogP contribution < -0.4 is 0 Å². The highest BCUT2D eigenvalue weighted by Crippen LogP contribution is 2.53. The Morgan fingerprint density at radius 1 is 1.00 bits per heavy atom. The lowest BCUT2D eigenvalue weighted by Crippen LogP contribution is -2.22. The van der Waals surface area contributed by atoms with E-state index in [2.05, 4.69) is 67.7 Å². The average molecular weight is 268 g/mol. The molecule has 0 saturated heterocycles. The third kappa shape index (κ3) is 1.40. The molecule has 0 aromatic heterocycles. The van der Waals surface area contributed by atoms with E-state index in [1.54, 1.807) is 5.57 Å². The molecule has 0 saturated carbocycles. The van der Waals surface area contributed by atoms with Crippen molar-refractivity contribution in [1.82, 2.24) is 0 Å². The molecule has 0 heteroatoms. The molecule has 100 valence electrons. The molecule has 4 aliphatic rings. The Kier molecular flexibility index (Phi) is 2.08. The molecule has 0 fully saturated rings. The highest BCUT2D eigenvalue weighted by atomic mass is 14.4. The van der Waals surface area contributed by atoms with Crippen molar-refractivity contribution < 1.29 is 0 Å². The lowest BCUT2D eigenvalue weighted by atomic mass is 9.65. The third-order valence-corrected chi connectivity index (χ3v) is 5.01. The number of hydrogen-bond acceptors (Lipinski definition) is 0. The van der Waals surface area contributed by atoms with E-state index in [0.717, 1.165) is 6.42 Å². The molecule has 1 atom stereocenters. The van der Waals surface area contributed by atoms with Crippen molar-refractivity contribution in [2.24, 2.45) is 5.92 Å². The summed E-state index contributed by atoms with van der Waals surface area (Å²) in [5.74, 6) is 0.449. The van der Waals surface area contributed by atoms with Gasteiger partial charge in [-0.2, -0.15) is 0 Å². The van der Waals surface area contributed by atoms with Gasteiger partial charge >= 0.3 is 0 Å².